The molecule has 0 aromatic carbocycles. The zero-order valence-corrected chi connectivity index (χ0v) is 11.6. The van der Waals surface area contributed by atoms with Crippen molar-refractivity contribution in [3.05, 3.63) is 23.9 Å². The van der Waals surface area contributed by atoms with Crippen LogP contribution in [0.25, 0.3) is 0 Å². The Hall–Kier alpha value is -1.62. The number of pyridine rings is 1. The molecular formula is C14H22N4O. The van der Waals surface area contributed by atoms with Crippen LogP contribution in [0.4, 0.5) is 5.82 Å². The predicted molar refractivity (Wildman–Crippen MR) is 76.1 cm³/mol. The number of hydrogen-bond donors (Lipinski definition) is 2. The number of hydrogen-bond acceptors (Lipinski definition) is 4. The van der Waals surface area contributed by atoms with Gasteiger partial charge in [0.15, 0.2) is 0 Å². The molecule has 0 spiro atoms. The third kappa shape index (κ3) is 3.44. The number of aromatic nitrogens is 1. The molecule has 19 heavy (non-hydrogen) atoms. The van der Waals surface area contributed by atoms with E-state index in [0.29, 0.717) is 5.56 Å². The maximum absolute atomic E-state index is 11.7. The Morgan fingerprint density at radius 2 is 2.11 bits per heavy atom. The summed E-state index contributed by atoms with van der Waals surface area (Å²) in [6, 6.07) is 4.12. The molecule has 1 saturated carbocycles. The van der Waals surface area contributed by atoms with Gasteiger partial charge in [-0.1, -0.05) is 12.8 Å². The molecule has 1 fully saturated rings. The number of nitrogens with one attached hydrogen (secondary N) is 1. The molecule has 1 amide bonds. The van der Waals surface area contributed by atoms with Crippen LogP contribution in [-0.4, -0.2) is 42.0 Å². The highest BCUT2D eigenvalue weighted by molar-refractivity contribution is 5.93. The normalized spacial score (nSPS) is 22.9. The highest BCUT2D eigenvalue weighted by Crippen LogP contribution is 2.20. The Morgan fingerprint density at radius 3 is 2.68 bits per heavy atom. The van der Waals surface area contributed by atoms with E-state index in [0.717, 1.165) is 18.7 Å². The van der Waals surface area contributed by atoms with Gasteiger partial charge in [-0.15, -0.1) is 0 Å². The number of carbonyl (C=O) groups excluding carboxylic acids is 1. The fourth-order valence-electron chi connectivity index (χ4n) is 2.39. The van der Waals surface area contributed by atoms with E-state index in [-0.39, 0.29) is 18.0 Å². The summed E-state index contributed by atoms with van der Waals surface area (Å²) in [6.45, 7) is 0. The third-order valence-electron chi connectivity index (χ3n) is 3.57. The molecule has 0 bridgehead atoms. The molecule has 1 aliphatic rings. The van der Waals surface area contributed by atoms with E-state index in [9.17, 15) is 4.79 Å². The second-order valence-electron chi connectivity index (χ2n) is 5.33. The van der Waals surface area contributed by atoms with Crippen LogP contribution in [0.5, 0.6) is 0 Å². The SMILES string of the molecule is CN(C)C(=O)c1ccc(NC2CCCCC2N)nc1. The van der Waals surface area contributed by atoms with E-state index in [1.54, 1.807) is 31.3 Å². The molecular weight excluding hydrogens is 240 g/mol. The zero-order chi connectivity index (χ0) is 13.8. The molecule has 5 nitrogen and oxygen atoms in total. The summed E-state index contributed by atoms with van der Waals surface area (Å²) in [4.78, 5) is 17.6. The van der Waals surface area contributed by atoms with E-state index < -0.39 is 0 Å². The summed E-state index contributed by atoms with van der Waals surface area (Å²) in [7, 11) is 3.46. The minimum atomic E-state index is -0.0339. The molecule has 1 aromatic heterocycles. The summed E-state index contributed by atoms with van der Waals surface area (Å²) < 4.78 is 0. The number of rotatable bonds is 3. The molecule has 5 heteroatoms. The van der Waals surface area contributed by atoms with Gasteiger partial charge in [0.2, 0.25) is 0 Å². The van der Waals surface area contributed by atoms with Crippen molar-refractivity contribution in [3.63, 3.8) is 0 Å². The monoisotopic (exact) mass is 262 g/mol. The smallest absolute Gasteiger partial charge is 0.254 e. The van der Waals surface area contributed by atoms with E-state index in [1.165, 1.54) is 12.8 Å². The summed E-state index contributed by atoms with van der Waals surface area (Å²) in [5, 5.41) is 3.36. The molecule has 0 aliphatic heterocycles. The van der Waals surface area contributed by atoms with Crippen molar-refractivity contribution < 1.29 is 4.79 Å². The van der Waals surface area contributed by atoms with E-state index >= 15 is 0 Å². The third-order valence-corrected chi connectivity index (χ3v) is 3.57. The molecule has 2 atom stereocenters. The Labute approximate surface area is 114 Å². The minimum absolute atomic E-state index is 0.0339. The first-order valence-electron chi connectivity index (χ1n) is 6.78. The fourth-order valence-corrected chi connectivity index (χ4v) is 2.39. The maximum Gasteiger partial charge on any atom is 0.254 e. The highest BCUT2D eigenvalue weighted by atomic mass is 16.2. The molecule has 1 aromatic rings. The van der Waals surface area contributed by atoms with Gasteiger partial charge in [0.1, 0.15) is 5.82 Å². The highest BCUT2D eigenvalue weighted by Gasteiger charge is 2.21. The number of nitrogens with zero attached hydrogens (tertiary/aromatic N) is 2. The summed E-state index contributed by atoms with van der Waals surface area (Å²) in [5.74, 6) is 0.756. The fraction of sp³-hybridized carbons (Fsp3) is 0.571. The summed E-state index contributed by atoms with van der Waals surface area (Å²) >= 11 is 0. The van der Waals surface area contributed by atoms with Crippen LogP contribution < -0.4 is 11.1 Å². The largest absolute Gasteiger partial charge is 0.366 e. The topological polar surface area (TPSA) is 71.2 Å². The quantitative estimate of drug-likeness (QED) is 0.865. The first kappa shape index (κ1) is 13.8. The molecule has 1 heterocycles. The second-order valence-corrected chi connectivity index (χ2v) is 5.33. The van der Waals surface area contributed by atoms with Crippen LogP contribution >= 0.6 is 0 Å². The average molecular weight is 262 g/mol. The lowest BCUT2D eigenvalue weighted by Gasteiger charge is -2.29. The Balaban J connectivity index is 2.00. The summed E-state index contributed by atoms with van der Waals surface area (Å²) in [6.07, 6.45) is 6.18. The van der Waals surface area contributed by atoms with Crippen molar-refractivity contribution in [3.8, 4) is 0 Å². The van der Waals surface area contributed by atoms with Crippen molar-refractivity contribution in [2.24, 2.45) is 5.73 Å². The predicted octanol–water partition coefficient (Wildman–Crippen LogP) is 1.47. The molecule has 104 valence electrons. The van der Waals surface area contributed by atoms with Crippen LogP contribution in [0.15, 0.2) is 18.3 Å². The van der Waals surface area contributed by atoms with Gasteiger partial charge in [-0.3, -0.25) is 4.79 Å². The zero-order valence-electron chi connectivity index (χ0n) is 11.6. The number of anilines is 1. The average Bonchev–Trinajstić information content (AvgIpc) is 2.41. The van der Waals surface area contributed by atoms with Gasteiger partial charge >= 0.3 is 0 Å². The van der Waals surface area contributed by atoms with Gasteiger partial charge in [-0.05, 0) is 25.0 Å². The van der Waals surface area contributed by atoms with Gasteiger partial charge in [0, 0.05) is 32.4 Å². The van der Waals surface area contributed by atoms with Crippen molar-refractivity contribution in [1.29, 1.82) is 0 Å². The molecule has 3 N–H and O–H groups in total. The van der Waals surface area contributed by atoms with Gasteiger partial charge in [-0.25, -0.2) is 4.98 Å². The lowest BCUT2D eigenvalue weighted by atomic mass is 9.91. The van der Waals surface area contributed by atoms with Gasteiger partial charge in [0.05, 0.1) is 5.56 Å². The van der Waals surface area contributed by atoms with Gasteiger partial charge < -0.3 is 16.0 Å². The molecule has 0 saturated heterocycles. The number of nitrogens with two attached hydrogens (primary N) is 1. The van der Waals surface area contributed by atoms with Crippen LogP contribution in [0, 0.1) is 0 Å². The first-order chi connectivity index (χ1) is 9.08. The van der Waals surface area contributed by atoms with Crippen LogP contribution in [0.2, 0.25) is 0 Å². The number of carbonyl (C=O) groups is 1. The molecule has 2 rings (SSSR count). The lowest BCUT2D eigenvalue weighted by Crippen LogP contribution is -2.42. The van der Waals surface area contributed by atoms with E-state index in [1.807, 2.05) is 6.07 Å². The Bertz CT molecular complexity index is 430. The maximum atomic E-state index is 11.7. The van der Waals surface area contributed by atoms with Gasteiger partial charge in [-0.2, -0.15) is 0 Å². The number of amides is 1. The Kier molecular flexibility index (Phi) is 4.37. The van der Waals surface area contributed by atoms with Crippen molar-refractivity contribution in [1.82, 2.24) is 9.88 Å². The first-order valence-corrected chi connectivity index (χ1v) is 6.78. The molecule has 2 unspecified atom stereocenters. The minimum Gasteiger partial charge on any atom is -0.366 e. The molecule has 0 radical (unpaired) electrons. The van der Waals surface area contributed by atoms with Crippen LogP contribution in [0.3, 0.4) is 0 Å². The Morgan fingerprint density at radius 1 is 1.37 bits per heavy atom. The summed E-state index contributed by atoms with van der Waals surface area (Å²) in [5.41, 5.74) is 6.69. The lowest BCUT2D eigenvalue weighted by molar-refractivity contribution is 0.0827. The molecule has 1 aliphatic carbocycles. The van der Waals surface area contributed by atoms with Crippen molar-refractivity contribution in [2.75, 3.05) is 19.4 Å². The van der Waals surface area contributed by atoms with Crippen LogP contribution in [0.1, 0.15) is 36.0 Å². The van der Waals surface area contributed by atoms with Crippen LogP contribution in [-0.2, 0) is 0 Å². The van der Waals surface area contributed by atoms with Gasteiger partial charge in [0.25, 0.3) is 5.91 Å². The second kappa shape index (κ2) is 6.02. The van der Waals surface area contributed by atoms with Crippen molar-refractivity contribution in [2.45, 2.75) is 37.8 Å². The van der Waals surface area contributed by atoms with Crippen molar-refractivity contribution >= 4 is 11.7 Å². The van der Waals surface area contributed by atoms with E-state index in [4.69, 9.17) is 5.73 Å². The van der Waals surface area contributed by atoms with E-state index in [2.05, 4.69) is 10.3 Å². The standard InChI is InChI=1S/C14H22N4O/c1-18(2)14(19)10-7-8-13(16-9-10)17-12-6-4-3-5-11(12)15/h7-9,11-12H,3-6,15H2,1-2H3,(H,16,17).